The number of carbonyl (C=O) groups is 2. The number of carboxylic acids is 1. The second-order valence-corrected chi connectivity index (χ2v) is 14.0. The molecule has 4 aromatic carbocycles. The number of sulfonamides is 1. The van der Waals surface area contributed by atoms with Crippen molar-refractivity contribution >= 4 is 48.6 Å². The van der Waals surface area contributed by atoms with Crippen molar-refractivity contribution in [1.29, 1.82) is 0 Å². The molecule has 0 aliphatic carbocycles. The summed E-state index contributed by atoms with van der Waals surface area (Å²) in [6.45, 7) is 3.42. The van der Waals surface area contributed by atoms with Gasteiger partial charge >= 0.3 is 22.1 Å². The van der Waals surface area contributed by atoms with E-state index in [1.807, 2.05) is 25.1 Å². The van der Waals surface area contributed by atoms with Crippen molar-refractivity contribution in [3.05, 3.63) is 83.9 Å². The summed E-state index contributed by atoms with van der Waals surface area (Å²) in [7, 11) is -8.10. The summed E-state index contributed by atoms with van der Waals surface area (Å²) >= 11 is 0. The van der Waals surface area contributed by atoms with E-state index in [2.05, 4.69) is 5.32 Å². The standard InChI is InChI=1S/C31H31N3O9S2/c1-19(15-30(35)36)32-17-21-7-6-10-23(20(21)2)25-12-14-29(26-9-5-4-8-24(25)26)44(38,39)33-45(40,41)34-18-31(37)43-28-16-22(42-3)11-13-27(28)34/h4-14,16,19,32-33H,15,17-18H2,1-3H3,(H,35,36)/t19-/m0/s1. The fourth-order valence-electron chi connectivity index (χ4n) is 5.24. The maximum absolute atomic E-state index is 13.7. The van der Waals surface area contributed by atoms with E-state index in [1.54, 1.807) is 41.4 Å². The predicted octanol–water partition coefficient (Wildman–Crippen LogP) is 3.73. The Morgan fingerprint density at radius 1 is 1.00 bits per heavy atom. The molecule has 0 unspecified atom stereocenters. The third kappa shape index (κ3) is 6.63. The number of aliphatic carboxylic acids is 1. The largest absolute Gasteiger partial charge is 0.497 e. The maximum Gasteiger partial charge on any atom is 0.332 e. The number of benzene rings is 4. The molecule has 0 amide bonds. The van der Waals surface area contributed by atoms with Gasteiger partial charge in [0.15, 0.2) is 5.75 Å². The molecule has 14 heteroatoms. The number of fused-ring (bicyclic) bond motifs is 2. The molecular weight excluding hydrogens is 622 g/mol. The number of nitrogens with zero attached hydrogens (tertiary/aromatic N) is 1. The van der Waals surface area contributed by atoms with Gasteiger partial charge in [0.1, 0.15) is 12.3 Å². The lowest BCUT2D eigenvalue weighted by Gasteiger charge is -2.29. The van der Waals surface area contributed by atoms with Gasteiger partial charge in [0.2, 0.25) is 0 Å². The third-order valence-corrected chi connectivity index (χ3v) is 11.0. The van der Waals surface area contributed by atoms with Crippen molar-refractivity contribution in [2.45, 2.75) is 37.8 Å². The fraction of sp³-hybridized carbons (Fsp3) is 0.226. The molecule has 0 spiro atoms. The van der Waals surface area contributed by atoms with Gasteiger partial charge in [-0.3, -0.25) is 4.79 Å². The Labute approximate surface area is 260 Å². The lowest BCUT2D eigenvalue weighted by Crippen LogP contribution is -2.48. The molecule has 45 heavy (non-hydrogen) atoms. The highest BCUT2D eigenvalue weighted by molar-refractivity contribution is 8.05. The molecule has 0 saturated carbocycles. The van der Waals surface area contributed by atoms with Gasteiger partial charge in [-0.15, -0.1) is 0 Å². The second kappa shape index (κ2) is 12.5. The number of hydrogen-bond donors (Lipinski definition) is 3. The topological polar surface area (TPSA) is 168 Å². The van der Waals surface area contributed by atoms with Crippen LogP contribution < -0.4 is 23.2 Å². The van der Waals surface area contributed by atoms with Crippen molar-refractivity contribution in [1.82, 2.24) is 9.44 Å². The van der Waals surface area contributed by atoms with E-state index in [4.69, 9.17) is 14.6 Å². The highest BCUT2D eigenvalue weighted by Gasteiger charge is 2.37. The quantitative estimate of drug-likeness (QED) is 0.160. The van der Waals surface area contributed by atoms with E-state index in [0.29, 0.717) is 27.4 Å². The van der Waals surface area contributed by atoms with E-state index >= 15 is 0 Å². The van der Waals surface area contributed by atoms with E-state index in [1.165, 1.54) is 31.4 Å². The minimum absolute atomic E-state index is 0.0217. The highest BCUT2D eigenvalue weighted by atomic mass is 32.3. The van der Waals surface area contributed by atoms with Gasteiger partial charge in [-0.2, -0.15) is 8.42 Å². The molecule has 1 atom stereocenters. The summed E-state index contributed by atoms with van der Waals surface area (Å²) in [5.41, 5.74) is 3.39. The molecular formula is C31H31N3O9S2. The van der Waals surface area contributed by atoms with Crippen LogP contribution in [0, 0.1) is 6.92 Å². The number of rotatable bonds is 11. The summed E-state index contributed by atoms with van der Waals surface area (Å²) in [4.78, 5) is 23.0. The number of nitrogens with one attached hydrogen (secondary N) is 2. The molecule has 0 fully saturated rings. The summed E-state index contributed by atoms with van der Waals surface area (Å²) in [5.74, 6) is -1.56. The van der Waals surface area contributed by atoms with Crippen molar-refractivity contribution < 1.29 is 41.0 Å². The van der Waals surface area contributed by atoms with Crippen molar-refractivity contribution in [2.75, 3.05) is 18.0 Å². The van der Waals surface area contributed by atoms with Crippen LogP contribution in [-0.4, -0.2) is 53.6 Å². The zero-order valence-electron chi connectivity index (χ0n) is 24.6. The lowest BCUT2D eigenvalue weighted by atomic mass is 9.92. The molecule has 0 bridgehead atoms. The normalized spacial score (nSPS) is 14.1. The molecule has 0 aromatic heterocycles. The Bertz CT molecular complexity index is 2030. The van der Waals surface area contributed by atoms with Gasteiger partial charge in [0.05, 0.1) is 24.1 Å². The van der Waals surface area contributed by atoms with Crippen molar-refractivity contribution in [2.24, 2.45) is 0 Å². The van der Waals surface area contributed by atoms with Gasteiger partial charge in [-0.25, -0.2) is 17.5 Å². The Morgan fingerprint density at radius 3 is 2.44 bits per heavy atom. The Morgan fingerprint density at radius 2 is 1.73 bits per heavy atom. The summed E-state index contributed by atoms with van der Waals surface area (Å²) in [6.07, 6.45) is -0.0217. The van der Waals surface area contributed by atoms with Crippen molar-refractivity contribution in [3.63, 3.8) is 0 Å². The average Bonchev–Trinajstić information content (AvgIpc) is 2.98. The van der Waals surface area contributed by atoms with E-state index in [0.717, 1.165) is 22.3 Å². The Kier molecular flexibility index (Phi) is 8.85. The van der Waals surface area contributed by atoms with Crippen LogP contribution in [0.1, 0.15) is 24.5 Å². The monoisotopic (exact) mass is 653 g/mol. The molecule has 3 N–H and O–H groups in total. The molecule has 12 nitrogen and oxygen atoms in total. The zero-order valence-corrected chi connectivity index (χ0v) is 26.2. The van der Waals surface area contributed by atoms with Gasteiger partial charge in [0, 0.05) is 24.0 Å². The number of anilines is 1. The van der Waals surface area contributed by atoms with E-state index in [9.17, 15) is 26.4 Å². The minimum Gasteiger partial charge on any atom is -0.497 e. The molecule has 1 heterocycles. The van der Waals surface area contributed by atoms with Gasteiger partial charge in [-0.05, 0) is 59.7 Å². The van der Waals surface area contributed by atoms with Crippen LogP contribution in [-0.2, 0) is 36.4 Å². The number of ether oxygens (including phenoxy) is 2. The van der Waals surface area contributed by atoms with Crippen LogP contribution in [0.3, 0.4) is 0 Å². The number of carboxylic acid groups (broad SMARTS) is 1. The minimum atomic E-state index is -4.81. The van der Waals surface area contributed by atoms with Gasteiger partial charge in [0.25, 0.3) is 10.0 Å². The first-order valence-corrected chi connectivity index (χ1v) is 16.7. The van der Waals surface area contributed by atoms with Crippen LogP contribution in [0.15, 0.2) is 77.7 Å². The molecule has 5 rings (SSSR count). The summed E-state index contributed by atoms with van der Waals surface area (Å²) in [6, 6.07) is 19.3. The van der Waals surface area contributed by atoms with Crippen LogP contribution in [0.2, 0.25) is 0 Å². The molecule has 0 saturated heterocycles. The van der Waals surface area contributed by atoms with E-state index < -0.39 is 38.7 Å². The maximum atomic E-state index is 13.7. The molecule has 1 aliphatic heterocycles. The molecule has 4 aromatic rings. The van der Waals surface area contributed by atoms with Crippen LogP contribution in [0.4, 0.5) is 5.69 Å². The third-order valence-electron chi connectivity index (χ3n) is 7.47. The lowest BCUT2D eigenvalue weighted by molar-refractivity contribution is -0.137. The predicted molar refractivity (Wildman–Crippen MR) is 168 cm³/mol. The summed E-state index contributed by atoms with van der Waals surface area (Å²) < 4.78 is 67.0. The van der Waals surface area contributed by atoms with Crippen LogP contribution in [0.25, 0.3) is 21.9 Å². The van der Waals surface area contributed by atoms with Crippen LogP contribution in [0.5, 0.6) is 11.5 Å². The first-order valence-electron chi connectivity index (χ1n) is 13.8. The SMILES string of the molecule is COc1ccc2c(c1)OC(=O)CN2S(=O)(=O)NS(=O)(=O)c1ccc(-c2cccc(CN[C@@H](C)CC(=O)O)c2C)c2ccccc12. The first kappa shape index (κ1) is 31.9. The molecule has 0 radical (unpaired) electrons. The molecule has 236 valence electrons. The number of hydrogen-bond acceptors (Lipinski definition) is 9. The molecule has 1 aliphatic rings. The van der Waals surface area contributed by atoms with Gasteiger partial charge in [-0.1, -0.05) is 52.7 Å². The second-order valence-electron chi connectivity index (χ2n) is 10.5. The highest BCUT2D eigenvalue weighted by Crippen LogP contribution is 2.38. The Balaban J connectivity index is 1.50. The zero-order chi connectivity index (χ0) is 32.5. The fourth-order valence-corrected chi connectivity index (χ4v) is 8.46. The number of esters is 1. The first-order chi connectivity index (χ1) is 21.3. The smallest absolute Gasteiger partial charge is 0.332 e. The van der Waals surface area contributed by atoms with Gasteiger partial charge < -0.3 is 19.9 Å². The average molecular weight is 654 g/mol. The number of carbonyl (C=O) groups excluding carboxylic acids is 1. The van der Waals surface area contributed by atoms with E-state index in [-0.39, 0.29) is 28.8 Å². The van der Waals surface area contributed by atoms with Crippen LogP contribution >= 0.6 is 0 Å². The summed E-state index contributed by atoms with van der Waals surface area (Å²) in [5, 5.41) is 13.1. The Hall–Kier alpha value is -4.50. The van der Waals surface area contributed by atoms with Crippen molar-refractivity contribution in [3.8, 4) is 22.6 Å². The number of methoxy groups -OCH3 is 1.